The molecule has 0 saturated carbocycles. The van der Waals surface area contributed by atoms with Crippen molar-refractivity contribution in [1.82, 2.24) is 5.32 Å². The number of phenolic OH excluding ortho intramolecular Hbond substituents is 1. The zero-order valence-corrected chi connectivity index (χ0v) is 14.6. The quantitative estimate of drug-likeness (QED) is 0.400. The molecule has 0 saturated heterocycles. The standard InChI is InChI=1S/C18H20N2O4S/c1-2-23-10-11-24-14-7-5-6-13(12-14)17(22)20-18(25)19-15-8-3-4-9-16(15)21/h3-9,12,21H,2,10-11H2,1H3,(H2,19,20,22,25). The summed E-state index contributed by atoms with van der Waals surface area (Å²) in [6, 6.07) is 13.4. The summed E-state index contributed by atoms with van der Waals surface area (Å²) >= 11 is 5.10. The Morgan fingerprint density at radius 1 is 1.16 bits per heavy atom. The van der Waals surface area contributed by atoms with Crippen LogP contribution in [-0.4, -0.2) is 35.9 Å². The van der Waals surface area contributed by atoms with E-state index in [9.17, 15) is 9.90 Å². The van der Waals surface area contributed by atoms with E-state index in [1.54, 1.807) is 42.5 Å². The Balaban J connectivity index is 1.91. The SMILES string of the molecule is CCOCCOc1cccc(C(=O)NC(=S)Nc2ccccc2O)c1. The molecule has 3 N–H and O–H groups in total. The van der Waals surface area contributed by atoms with Gasteiger partial charge in [-0.1, -0.05) is 18.2 Å². The zero-order valence-electron chi connectivity index (χ0n) is 13.8. The summed E-state index contributed by atoms with van der Waals surface area (Å²) in [6.07, 6.45) is 0. The van der Waals surface area contributed by atoms with Gasteiger partial charge in [-0.2, -0.15) is 0 Å². The average molecular weight is 360 g/mol. The third-order valence-corrected chi connectivity index (χ3v) is 3.38. The van der Waals surface area contributed by atoms with Crippen LogP contribution in [-0.2, 0) is 4.74 Å². The molecule has 0 bridgehead atoms. The van der Waals surface area contributed by atoms with E-state index in [-0.39, 0.29) is 16.8 Å². The number of hydrogen-bond donors (Lipinski definition) is 3. The smallest absolute Gasteiger partial charge is 0.257 e. The third-order valence-electron chi connectivity index (χ3n) is 3.18. The van der Waals surface area contributed by atoms with Crippen LogP contribution in [0.2, 0.25) is 0 Å². The number of para-hydroxylation sites is 2. The Morgan fingerprint density at radius 3 is 2.72 bits per heavy atom. The normalized spacial score (nSPS) is 10.1. The van der Waals surface area contributed by atoms with Crippen molar-refractivity contribution < 1.29 is 19.4 Å². The summed E-state index contributed by atoms with van der Waals surface area (Å²) < 4.78 is 10.7. The predicted octanol–water partition coefficient (Wildman–Crippen LogP) is 2.93. The maximum Gasteiger partial charge on any atom is 0.257 e. The summed E-state index contributed by atoms with van der Waals surface area (Å²) in [4.78, 5) is 12.3. The van der Waals surface area contributed by atoms with Gasteiger partial charge in [0.1, 0.15) is 18.1 Å². The number of hydrogen-bond acceptors (Lipinski definition) is 5. The largest absolute Gasteiger partial charge is 0.506 e. The molecule has 6 nitrogen and oxygen atoms in total. The molecule has 2 rings (SSSR count). The maximum atomic E-state index is 12.3. The number of ether oxygens (including phenoxy) is 2. The van der Waals surface area contributed by atoms with Gasteiger partial charge in [0.15, 0.2) is 5.11 Å². The number of rotatable bonds is 7. The number of aromatic hydroxyl groups is 1. The molecule has 0 spiro atoms. The topological polar surface area (TPSA) is 79.8 Å². The van der Waals surface area contributed by atoms with Gasteiger partial charge >= 0.3 is 0 Å². The number of thiocarbonyl (C=S) groups is 1. The minimum atomic E-state index is -0.372. The summed E-state index contributed by atoms with van der Waals surface area (Å²) in [6.45, 7) is 3.44. The van der Waals surface area contributed by atoms with Crippen LogP contribution < -0.4 is 15.4 Å². The molecule has 25 heavy (non-hydrogen) atoms. The predicted molar refractivity (Wildman–Crippen MR) is 100 cm³/mol. The van der Waals surface area contributed by atoms with Crippen LogP contribution in [0.3, 0.4) is 0 Å². The van der Waals surface area contributed by atoms with Crippen LogP contribution in [0, 0.1) is 0 Å². The summed E-state index contributed by atoms with van der Waals surface area (Å²) in [5.41, 5.74) is 0.830. The molecule has 0 aliphatic carbocycles. The van der Waals surface area contributed by atoms with Crippen LogP contribution in [0.4, 0.5) is 5.69 Å². The lowest BCUT2D eigenvalue weighted by Gasteiger charge is -2.11. The molecule has 1 amide bonds. The van der Waals surface area contributed by atoms with Crippen LogP contribution in [0.5, 0.6) is 11.5 Å². The fraction of sp³-hybridized carbons (Fsp3) is 0.222. The van der Waals surface area contributed by atoms with Crippen LogP contribution in [0.1, 0.15) is 17.3 Å². The number of benzene rings is 2. The van der Waals surface area contributed by atoms with Crippen LogP contribution in [0.25, 0.3) is 0 Å². The number of anilines is 1. The van der Waals surface area contributed by atoms with E-state index in [1.165, 1.54) is 6.07 Å². The fourth-order valence-corrected chi connectivity index (χ4v) is 2.20. The van der Waals surface area contributed by atoms with Crippen LogP contribution >= 0.6 is 12.2 Å². The Hall–Kier alpha value is -2.64. The number of amides is 1. The summed E-state index contributed by atoms with van der Waals surface area (Å²) in [5, 5.41) is 15.1. The number of carbonyl (C=O) groups excluding carboxylic acids is 1. The highest BCUT2D eigenvalue weighted by Gasteiger charge is 2.10. The molecule has 0 aromatic heterocycles. The van der Waals surface area contributed by atoms with Crippen molar-refractivity contribution in [3.8, 4) is 11.5 Å². The molecular formula is C18H20N2O4S. The van der Waals surface area contributed by atoms with Crippen molar-refractivity contribution in [1.29, 1.82) is 0 Å². The second-order valence-corrected chi connectivity index (χ2v) is 5.41. The first-order chi connectivity index (χ1) is 12.1. The van der Waals surface area contributed by atoms with Gasteiger partial charge in [-0.15, -0.1) is 0 Å². The highest BCUT2D eigenvalue weighted by molar-refractivity contribution is 7.80. The lowest BCUT2D eigenvalue weighted by Crippen LogP contribution is -2.34. The van der Waals surface area contributed by atoms with Crippen molar-refractivity contribution >= 4 is 28.9 Å². The lowest BCUT2D eigenvalue weighted by molar-refractivity contribution is 0.0976. The minimum Gasteiger partial charge on any atom is -0.506 e. The number of phenols is 1. The molecule has 7 heteroatoms. The van der Waals surface area contributed by atoms with E-state index in [4.69, 9.17) is 21.7 Å². The first kappa shape index (κ1) is 18.7. The second kappa shape index (κ2) is 9.61. The van der Waals surface area contributed by atoms with E-state index in [0.717, 1.165) is 0 Å². The molecule has 2 aromatic carbocycles. The number of carbonyl (C=O) groups is 1. The zero-order chi connectivity index (χ0) is 18.1. The van der Waals surface area contributed by atoms with Crippen molar-refractivity contribution in [2.75, 3.05) is 25.1 Å². The molecule has 0 fully saturated rings. The van der Waals surface area contributed by atoms with E-state index in [2.05, 4.69) is 10.6 Å². The maximum absolute atomic E-state index is 12.3. The molecule has 132 valence electrons. The van der Waals surface area contributed by atoms with Gasteiger partial charge < -0.3 is 19.9 Å². The minimum absolute atomic E-state index is 0.0452. The average Bonchev–Trinajstić information content (AvgIpc) is 2.61. The van der Waals surface area contributed by atoms with Gasteiger partial charge in [-0.25, -0.2) is 0 Å². The Morgan fingerprint density at radius 2 is 1.96 bits per heavy atom. The molecule has 0 aliphatic heterocycles. The van der Waals surface area contributed by atoms with E-state index < -0.39 is 0 Å². The van der Waals surface area contributed by atoms with Crippen molar-refractivity contribution in [2.24, 2.45) is 0 Å². The van der Waals surface area contributed by atoms with E-state index in [1.807, 2.05) is 6.92 Å². The van der Waals surface area contributed by atoms with E-state index in [0.29, 0.717) is 36.8 Å². The third kappa shape index (κ3) is 6.06. The first-order valence-electron chi connectivity index (χ1n) is 7.81. The molecule has 0 aliphatic rings. The number of nitrogens with one attached hydrogen (secondary N) is 2. The molecular weight excluding hydrogens is 340 g/mol. The van der Waals surface area contributed by atoms with Crippen LogP contribution in [0.15, 0.2) is 48.5 Å². The molecule has 0 atom stereocenters. The van der Waals surface area contributed by atoms with Gasteiger partial charge in [0, 0.05) is 12.2 Å². The molecule has 0 heterocycles. The lowest BCUT2D eigenvalue weighted by atomic mass is 10.2. The highest BCUT2D eigenvalue weighted by atomic mass is 32.1. The molecule has 0 unspecified atom stereocenters. The van der Waals surface area contributed by atoms with E-state index >= 15 is 0 Å². The monoisotopic (exact) mass is 360 g/mol. The Bertz CT molecular complexity index is 737. The van der Waals surface area contributed by atoms with Gasteiger partial charge in [0.05, 0.1) is 12.3 Å². The van der Waals surface area contributed by atoms with Gasteiger partial charge in [-0.3, -0.25) is 10.1 Å². The van der Waals surface area contributed by atoms with Crippen molar-refractivity contribution in [2.45, 2.75) is 6.92 Å². The van der Waals surface area contributed by atoms with Gasteiger partial charge in [0.25, 0.3) is 5.91 Å². The van der Waals surface area contributed by atoms with Gasteiger partial charge in [0.2, 0.25) is 0 Å². The van der Waals surface area contributed by atoms with Crippen molar-refractivity contribution in [3.05, 3.63) is 54.1 Å². The second-order valence-electron chi connectivity index (χ2n) is 5.00. The summed E-state index contributed by atoms with van der Waals surface area (Å²) in [5.74, 6) is 0.249. The Kier molecular flexibility index (Phi) is 7.18. The molecule has 0 radical (unpaired) electrons. The molecule has 2 aromatic rings. The highest BCUT2D eigenvalue weighted by Crippen LogP contribution is 2.21. The fourth-order valence-electron chi connectivity index (χ4n) is 2.00. The van der Waals surface area contributed by atoms with Crippen molar-refractivity contribution in [3.63, 3.8) is 0 Å². The Labute approximate surface area is 151 Å². The first-order valence-corrected chi connectivity index (χ1v) is 8.22. The van der Waals surface area contributed by atoms with Gasteiger partial charge in [-0.05, 0) is 49.5 Å². The summed E-state index contributed by atoms with van der Waals surface area (Å²) in [7, 11) is 0.